The van der Waals surface area contributed by atoms with Crippen LogP contribution in [0.4, 0.5) is 13.2 Å². The van der Waals surface area contributed by atoms with Crippen molar-refractivity contribution in [3.8, 4) is 0 Å². The lowest BCUT2D eigenvalue weighted by Gasteiger charge is -2.23. The van der Waals surface area contributed by atoms with Crippen molar-refractivity contribution < 1.29 is 18.0 Å². The number of pyridine rings is 1. The van der Waals surface area contributed by atoms with Crippen LogP contribution < -0.4 is 10.6 Å². The number of rotatable bonds is 3. The molecule has 0 atom stereocenters. The van der Waals surface area contributed by atoms with Gasteiger partial charge < -0.3 is 15.0 Å². The van der Waals surface area contributed by atoms with Crippen LogP contribution in [0.2, 0.25) is 5.02 Å². The van der Waals surface area contributed by atoms with Gasteiger partial charge in [0.1, 0.15) is 0 Å². The number of aromatic nitrogens is 2. The van der Waals surface area contributed by atoms with Crippen LogP contribution in [0.5, 0.6) is 0 Å². The first-order valence-corrected chi connectivity index (χ1v) is 7.95. The van der Waals surface area contributed by atoms with Gasteiger partial charge in [0.25, 0.3) is 0 Å². The number of nitrogens with one attached hydrogen (secondary N) is 2. The first-order chi connectivity index (χ1) is 11.3. The van der Waals surface area contributed by atoms with Crippen LogP contribution in [0.25, 0.3) is 5.65 Å². The van der Waals surface area contributed by atoms with Crippen LogP contribution in [-0.2, 0) is 17.4 Å². The molecule has 1 fully saturated rings. The Bertz CT molecular complexity index is 753. The molecule has 0 aliphatic carbocycles. The Balaban J connectivity index is 1.75. The highest BCUT2D eigenvalue weighted by molar-refractivity contribution is 6.33. The fraction of sp³-hybridized carbons (Fsp3) is 0.467. The minimum absolute atomic E-state index is 0.00326. The van der Waals surface area contributed by atoms with E-state index in [1.54, 1.807) is 0 Å². The number of amides is 1. The van der Waals surface area contributed by atoms with E-state index in [0.717, 1.165) is 38.2 Å². The number of halogens is 4. The normalized spacial score (nSPS) is 16.5. The van der Waals surface area contributed by atoms with Crippen molar-refractivity contribution in [2.75, 3.05) is 13.1 Å². The van der Waals surface area contributed by atoms with Gasteiger partial charge in [0.2, 0.25) is 5.91 Å². The summed E-state index contributed by atoms with van der Waals surface area (Å²) in [5.41, 5.74) is -0.278. The number of carbonyl (C=O) groups is 1. The summed E-state index contributed by atoms with van der Waals surface area (Å²) in [7, 11) is 0. The highest BCUT2D eigenvalue weighted by Crippen LogP contribution is 2.32. The molecule has 1 saturated heterocycles. The maximum Gasteiger partial charge on any atom is 0.417 e. The molecule has 1 aliphatic rings. The quantitative estimate of drug-likeness (QED) is 0.883. The topological polar surface area (TPSA) is 58.4 Å². The van der Waals surface area contributed by atoms with Gasteiger partial charge in [-0.3, -0.25) is 4.79 Å². The van der Waals surface area contributed by atoms with Gasteiger partial charge in [-0.05, 0) is 32.0 Å². The molecule has 1 amide bonds. The number of nitrogens with zero attached hydrogens (tertiary/aromatic N) is 2. The van der Waals surface area contributed by atoms with E-state index < -0.39 is 11.7 Å². The SMILES string of the molecule is O=C(Cc1cn2cc(C(F)(F)F)cc(Cl)c2n1)NC1CCNCC1. The molecule has 0 bridgehead atoms. The number of piperidine rings is 1. The van der Waals surface area contributed by atoms with E-state index in [9.17, 15) is 18.0 Å². The van der Waals surface area contributed by atoms with Crippen LogP contribution in [-0.4, -0.2) is 34.4 Å². The molecule has 24 heavy (non-hydrogen) atoms. The highest BCUT2D eigenvalue weighted by atomic mass is 35.5. The average Bonchev–Trinajstić information content (AvgIpc) is 2.90. The lowest BCUT2D eigenvalue weighted by atomic mass is 10.1. The summed E-state index contributed by atoms with van der Waals surface area (Å²) in [5.74, 6) is -0.197. The van der Waals surface area contributed by atoms with Gasteiger partial charge in [0, 0.05) is 18.4 Å². The van der Waals surface area contributed by atoms with Crippen LogP contribution >= 0.6 is 11.6 Å². The minimum atomic E-state index is -4.49. The number of hydrogen-bond donors (Lipinski definition) is 2. The molecule has 3 heterocycles. The summed E-state index contributed by atoms with van der Waals surface area (Å²) in [5, 5.41) is 6.02. The van der Waals surface area contributed by atoms with Gasteiger partial charge in [-0.25, -0.2) is 4.98 Å². The van der Waals surface area contributed by atoms with Crippen molar-refractivity contribution in [1.29, 1.82) is 0 Å². The average molecular weight is 361 g/mol. The van der Waals surface area contributed by atoms with Crippen molar-refractivity contribution in [3.05, 3.63) is 34.7 Å². The minimum Gasteiger partial charge on any atom is -0.353 e. The molecular weight excluding hydrogens is 345 g/mol. The van der Waals surface area contributed by atoms with Crippen molar-refractivity contribution in [3.63, 3.8) is 0 Å². The Kier molecular flexibility index (Phi) is 4.69. The first-order valence-electron chi connectivity index (χ1n) is 7.57. The molecule has 1 aliphatic heterocycles. The fourth-order valence-corrected chi connectivity index (χ4v) is 3.01. The highest BCUT2D eigenvalue weighted by Gasteiger charge is 2.32. The summed E-state index contributed by atoms with van der Waals surface area (Å²) >= 11 is 5.88. The predicted octanol–water partition coefficient (Wildman–Crippen LogP) is 2.42. The van der Waals surface area contributed by atoms with Crippen LogP contribution in [0.3, 0.4) is 0 Å². The third-order valence-electron chi connectivity index (χ3n) is 3.93. The standard InChI is InChI=1S/C15H16ClF3N4O/c16-12-5-9(15(17,18)19)7-23-8-11(22-14(12)23)6-13(24)21-10-1-3-20-4-2-10/h5,7-8,10,20H,1-4,6H2,(H,21,24). The van der Waals surface area contributed by atoms with Crippen LogP contribution in [0.1, 0.15) is 24.1 Å². The molecule has 130 valence electrons. The summed E-state index contributed by atoms with van der Waals surface area (Å²) < 4.78 is 39.6. The third-order valence-corrected chi connectivity index (χ3v) is 4.21. The Morgan fingerprint density at radius 3 is 2.75 bits per heavy atom. The van der Waals surface area contributed by atoms with E-state index in [1.807, 2.05) is 0 Å². The van der Waals surface area contributed by atoms with E-state index in [0.29, 0.717) is 5.69 Å². The molecule has 0 aromatic carbocycles. The maximum absolute atomic E-state index is 12.8. The number of hydrogen-bond acceptors (Lipinski definition) is 3. The molecule has 2 aromatic rings. The van der Waals surface area contributed by atoms with E-state index >= 15 is 0 Å². The monoisotopic (exact) mass is 360 g/mol. The second kappa shape index (κ2) is 6.60. The van der Waals surface area contributed by atoms with Gasteiger partial charge in [0.15, 0.2) is 5.65 Å². The number of carbonyl (C=O) groups excluding carboxylic acids is 1. The second-order valence-electron chi connectivity index (χ2n) is 5.81. The lowest BCUT2D eigenvalue weighted by Crippen LogP contribution is -2.43. The van der Waals surface area contributed by atoms with Crippen molar-refractivity contribution in [2.45, 2.75) is 31.5 Å². The summed E-state index contributed by atoms with van der Waals surface area (Å²) in [6.07, 6.45) is -0.450. The second-order valence-corrected chi connectivity index (χ2v) is 6.21. The zero-order chi connectivity index (χ0) is 17.3. The van der Waals surface area contributed by atoms with Gasteiger partial charge in [-0.15, -0.1) is 0 Å². The predicted molar refractivity (Wildman–Crippen MR) is 82.9 cm³/mol. The van der Waals surface area contributed by atoms with Gasteiger partial charge in [0.05, 0.1) is 22.7 Å². The molecule has 2 aromatic heterocycles. The zero-order valence-electron chi connectivity index (χ0n) is 12.7. The molecule has 3 rings (SSSR count). The number of fused-ring (bicyclic) bond motifs is 1. The Labute approximate surface area is 141 Å². The van der Waals surface area contributed by atoms with E-state index in [4.69, 9.17) is 11.6 Å². The smallest absolute Gasteiger partial charge is 0.353 e. The van der Waals surface area contributed by atoms with Crippen molar-refractivity contribution in [1.82, 2.24) is 20.0 Å². The molecule has 5 nitrogen and oxygen atoms in total. The molecule has 0 saturated carbocycles. The summed E-state index contributed by atoms with van der Waals surface area (Å²) in [4.78, 5) is 16.2. The third kappa shape index (κ3) is 3.81. The van der Waals surface area contributed by atoms with Gasteiger partial charge in [-0.2, -0.15) is 13.2 Å². The van der Waals surface area contributed by atoms with E-state index in [2.05, 4.69) is 15.6 Å². The fourth-order valence-electron chi connectivity index (χ4n) is 2.76. The largest absolute Gasteiger partial charge is 0.417 e. The number of alkyl halides is 3. The van der Waals surface area contributed by atoms with Crippen LogP contribution in [0, 0.1) is 0 Å². The Morgan fingerprint density at radius 1 is 1.38 bits per heavy atom. The Morgan fingerprint density at radius 2 is 2.08 bits per heavy atom. The lowest BCUT2D eigenvalue weighted by molar-refractivity contribution is -0.137. The molecule has 0 radical (unpaired) electrons. The molecule has 0 unspecified atom stereocenters. The number of imidazole rings is 1. The van der Waals surface area contributed by atoms with Crippen molar-refractivity contribution in [2.24, 2.45) is 0 Å². The van der Waals surface area contributed by atoms with E-state index in [1.165, 1.54) is 10.6 Å². The maximum atomic E-state index is 12.8. The molecular formula is C15H16ClF3N4O. The molecule has 2 N–H and O–H groups in total. The van der Waals surface area contributed by atoms with Crippen molar-refractivity contribution >= 4 is 23.2 Å². The summed E-state index contributed by atoms with van der Waals surface area (Å²) in [6, 6.07) is 0.958. The molecule has 9 heteroatoms. The zero-order valence-corrected chi connectivity index (χ0v) is 13.4. The molecule has 0 spiro atoms. The van der Waals surface area contributed by atoms with E-state index in [-0.39, 0.29) is 29.0 Å². The summed E-state index contributed by atoms with van der Waals surface area (Å²) in [6.45, 7) is 1.71. The van der Waals surface area contributed by atoms with Gasteiger partial charge >= 0.3 is 6.18 Å². The first kappa shape index (κ1) is 17.0. The Hall–Kier alpha value is -1.80. The van der Waals surface area contributed by atoms with Crippen LogP contribution in [0.15, 0.2) is 18.5 Å². The van der Waals surface area contributed by atoms with Gasteiger partial charge in [-0.1, -0.05) is 11.6 Å².